The lowest BCUT2D eigenvalue weighted by atomic mass is 10.0. The van der Waals surface area contributed by atoms with E-state index in [0.29, 0.717) is 11.1 Å². The maximum Gasteiger partial charge on any atom is 0.418 e. The van der Waals surface area contributed by atoms with Crippen LogP contribution in [0.4, 0.5) is 23.7 Å². The van der Waals surface area contributed by atoms with Crippen LogP contribution < -0.4 is 15.0 Å². The molecule has 7 nitrogen and oxygen atoms in total. The SMILES string of the molecule is Cc1cc(N2C(=O)NC(C)(C)C2=O)cnc1Oc1ccc2c(c1)[C@H](C(F)(F)F)OC2. The number of halogens is 3. The fraction of sp³-hybridized carbons (Fsp3) is 0.350. The van der Waals surface area contributed by atoms with E-state index in [2.05, 4.69) is 10.3 Å². The second-order valence-electron chi connectivity index (χ2n) is 7.71. The van der Waals surface area contributed by atoms with Gasteiger partial charge in [0, 0.05) is 5.56 Å². The van der Waals surface area contributed by atoms with Crippen molar-refractivity contribution in [3.8, 4) is 11.6 Å². The van der Waals surface area contributed by atoms with E-state index in [1.165, 1.54) is 24.4 Å². The van der Waals surface area contributed by atoms with Crippen molar-refractivity contribution >= 4 is 17.6 Å². The average molecular weight is 421 g/mol. The van der Waals surface area contributed by atoms with E-state index in [9.17, 15) is 22.8 Å². The van der Waals surface area contributed by atoms with E-state index < -0.39 is 29.8 Å². The number of nitrogens with one attached hydrogen (secondary N) is 1. The molecular formula is C20H18F3N3O4. The van der Waals surface area contributed by atoms with Crippen molar-refractivity contribution in [2.75, 3.05) is 4.90 Å². The molecule has 0 saturated carbocycles. The molecule has 1 aromatic carbocycles. The van der Waals surface area contributed by atoms with Crippen LogP contribution in [0.15, 0.2) is 30.5 Å². The Morgan fingerprint density at radius 3 is 2.60 bits per heavy atom. The van der Waals surface area contributed by atoms with Crippen LogP contribution in [0, 0.1) is 6.92 Å². The molecular weight excluding hydrogens is 403 g/mol. The van der Waals surface area contributed by atoms with Crippen LogP contribution in [0.5, 0.6) is 11.6 Å². The van der Waals surface area contributed by atoms with Gasteiger partial charge in [-0.05, 0) is 50.1 Å². The summed E-state index contributed by atoms with van der Waals surface area (Å²) in [5.41, 5.74) is 0.206. The van der Waals surface area contributed by atoms with Crippen molar-refractivity contribution in [2.24, 2.45) is 0 Å². The largest absolute Gasteiger partial charge is 0.439 e. The molecule has 1 N–H and O–H groups in total. The molecule has 1 atom stereocenters. The van der Waals surface area contributed by atoms with E-state index in [1.54, 1.807) is 26.8 Å². The summed E-state index contributed by atoms with van der Waals surface area (Å²) in [5, 5.41) is 2.58. The monoisotopic (exact) mass is 421 g/mol. The number of carbonyl (C=O) groups excluding carboxylic acids is 2. The summed E-state index contributed by atoms with van der Waals surface area (Å²) < 4.78 is 49.9. The zero-order valence-corrected chi connectivity index (χ0v) is 16.3. The lowest BCUT2D eigenvalue weighted by Crippen LogP contribution is -2.40. The summed E-state index contributed by atoms with van der Waals surface area (Å²) in [7, 11) is 0. The maximum atomic E-state index is 13.1. The van der Waals surface area contributed by atoms with Gasteiger partial charge in [-0.3, -0.25) is 4.79 Å². The molecule has 3 heterocycles. The third kappa shape index (κ3) is 3.36. The lowest BCUT2D eigenvalue weighted by molar-refractivity contribution is -0.219. The Morgan fingerprint density at radius 2 is 2.00 bits per heavy atom. The number of ether oxygens (including phenoxy) is 2. The molecule has 0 bridgehead atoms. The van der Waals surface area contributed by atoms with Crippen molar-refractivity contribution in [3.63, 3.8) is 0 Å². The number of fused-ring (bicyclic) bond motifs is 1. The van der Waals surface area contributed by atoms with Crippen LogP contribution in [0.3, 0.4) is 0 Å². The number of carbonyl (C=O) groups is 2. The number of hydrogen-bond donors (Lipinski definition) is 1. The van der Waals surface area contributed by atoms with Crippen molar-refractivity contribution in [1.82, 2.24) is 10.3 Å². The normalized spacial score (nSPS) is 20.3. The average Bonchev–Trinajstić information content (AvgIpc) is 3.15. The highest BCUT2D eigenvalue weighted by Crippen LogP contribution is 2.44. The minimum absolute atomic E-state index is 0.0100. The van der Waals surface area contributed by atoms with Crippen LogP contribution in [0.1, 0.15) is 36.6 Å². The van der Waals surface area contributed by atoms with Gasteiger partial charge in [-0.2, -0.15) is 13.2 Å². The molecule has 3 amide bonds. The van der Waals surface area contributed by atoms with E-state index in [-0.39, 0.29) is 29.5 Å². The molecule has 2 aromatic rings. The number of pyridine rings is 1. The first kappa shape index (κ1) is 20.1. The Hall–Kier alpha value is -3.14. The molecule has 1 saturated heterocycles. The first-order valence-electron chi connectivity index (χ1n) is 9.10. The number of alkyl halides is 3. The molecule has 2 aliphatic heterocycles. The van der Waals surface area contributed by atoms with Crippen LogP contribution in [0.25, 0.3) is 0 Å². The minimum Gasteiger partial charge on any atom is -0.439 e. The van der Waals surface area contributed by atoms with E-state index in [4.69, 9.17) is 9.47 Å². The van der Waals surface area contributed by atoms with Gasteiger partial charge in [0.15, 0.2) is 6.10 Å². The van der Waals surface area contributed by atoms with Gasteiger partial charge in [-0.15, -0.1) is 0 Å². The number of rotatable bonds is 3. The smallest absolute Gasteiger partial charge is 0.418 e. The highest BCUT2D eigenvalue weighted by Gasteiger charge is 2.46. The van der Waals surface area contributed by atoms with Crippen LogP contribution >= 0.6 is 0 Å². The molecule has 2 aliphatic rings. The van der Waals surface area contributed by atoms with Crippen molar-refractivity contribution < 1.29 is 32.2 Å². The predicted octanol–water partition coefficient (Wildman–Crippen LogP) is 4.15. The molecule has 1 fully saturated rings. The first-order chi connectivity index (χ1) is 14.0. The van der Waals surface area contributed by atoms with Gasteiger partial charge in [-0.25, -0.2) is 14.7 Å². The first-order valence-corrected chi connectivity index (χ1v) is 9.10. The van der Waals surface area contributed by atoms with E-state index in [0.717, 1.165) is 4.90 Å². The van der Waals surface area contributed by atoms with Gasteiger partial charge in [0.25, 0.3) is 5.91 Å². The van der Waals surface area contributed by atoms with Crippen LogP contribution in [0.2, 0.25) is 0 Å². The zero-order chi connectivity index (χ0) is 21.8. The number of benzene rings is 1. The summed E-state index contributed by atoms with van der Waals surface area (Å²) in [6, 6.07) is 5.34. The Balaban J connectivity index is 1.59. The van der Waals surface area contributed by atoms with Gasteiger partial charge in [-0.1, -0.05) is 6.07 Å². The Labute approximate surface area is 169 Å². The number of hydrogen-bond acceptors (Lipinski definition) is 5. The number of amides is 3. The van der Waals surface area contributed by atoms with Gasteiger partial charge in [0.05, 0.1) is 18.5 Å². The fourth-order valence-electron chi connectivity index (χ4n) is 3.42. The second-order valence-corrected chi connectivity index (χ2v) is 7.71. The fourth-order valence-corrected chi connectivity index (χ4v) is 3.42. The standard InChI is InChI=1S/C20H18F3N3O4/c1-10-6-12(26-17(27)19(2,3)25-18(26)28)8-24-16(10)30-13-5-4-11-9-29-15(14(11)7-13)20(21,22)23/h4-8,15H,9H2,1-3H3,(H,25,28)/t15-/m1/s1. The molecule has 30 heavy (non-hydrogen) atoms. The zero-order valence-electron chi connectivity index (χ0n) is 16.3. The lowest BCUT2D eigenvalue weighted by Gasteiger charge is -2.17. The number of anilines is 1. The number of nitrogens with zero attached hydrogens (tertiary/aromatic N) is 2. The summed E-state index contributed by atoms with van der Waals surface area (Å²) in [5.74, 6) is -0.0975. The summed E-state index contributed by atoms with van der Waals surface area (Å²) >= 11 is 0. The third-order valence-electron chi connectivity index (χ3n) is 4.95. The van der Waals surface area contributed by atoms with Gasteiger partial charge in [0.2, 0.25) is 5.88 Å². The maximum absolute atomic E-state index is 13.1. The molecule has 1 aromatic heterocycles. The molecule has 4 rings (SSSR count). The van der Waals surface area contributed by atoms with Gasteiger partial charge >= 0.3 is 12.2 Å². The number of imide groups is 1. The highest BCUT2D eigenvalue weighted by molar-refractivity contribution is 6.22. The molecule has 158 valence electrons. The van der Waals surface area contributed by atoms with Gasteiger partial charge in [0.1, 0.15) is 11.3 Å². The molecule has 10 heteroatoms. The predicted molar refractivity (Wildman–Crippen MR) is 99.2 cm³/mol. The van der Waals surface area contributed by atoms with Crippen LogP contribution in [-0.4, -0.2) is 28.6 Å². The summed E-state index contributed by atoms with van der Waals surface area (Å²) in [4.78, 5) is 29.7. The van der Waals surface area contributed by atoms with Gasteiger partial charge < -0.3 is 14.8 Å². The van der Waals surface area contributed by atoms with E-state index in [1.807, 2.05) is 0 Å². The molecule has 0 radical (unpaired) electrons. The Bertz CT molecular complexity index is 1050. The topological polar surface area (TPSA) is 80.8 Å². The quantitative estimate of drug-likeness (QED) is 0.753. The van der Waals surface area contributed by atoms with Crippen molar-refractivity contribution in [2.45, 2.75) is 45.2 Å². The summed E-state index contributed by atoms with van der Waals surface area (Å²) in [6.45, 7) is 4.73. The second kappa shape index (κ2) is 6.69. The number of aryl methyl sites for hydroxylation is 1. The highest BCUT2D eigenvalue weighted by atomic mass is 19.4. The Kier molecular flexibility index (Phi) is 4.50. The van der Waals surface area contributed by atoms with Crippen molar-refractivity contribution in [1.29, 1.82) is 0 Å². The molecule has 0 unspecified atom stereocenters. The number of aromatic nitrogens is 1. The summed E-state index contributed by atoms with van der Waals surface area (Å²) in [6.07, 6.45) is -5.21. The van der Waals surface area contributed by atoms with E-state index >= 15 is 0 Å². The molecule has 0 aliphatic carbocycles. The Morgan fingerprint density at radius 1 is 1.27 bits per heavy atom. The molecule has 0 spiro atoms. The van der Waals surface area contributed by atoms with Crippen LogP contribution in [-0.2, 0) is 16.1 Å². The number of urea groups is 1. The van der Waals surface area contributed by atoms with Crippen molar-refractivity contribution in [3.05, 3.63) is 47.2 Å². The third-order valence-corrected chi connectivity index (χ3v) is 4.95. The minimum atomic E-state index is -4.52.